The van der Waals surface area contributed by atoms with Gasteiger partial charge in [-0.15, -0.1) is 0 Å². The topological polar surface area (TPSA) is 20.2 Å². The van der Waals surface area contributed by atoms with Gasteiger partial charge in [-0.25, -0.2) is 0 Å². The molecule has 0 aliphatic heterocycles. The fourth-order valence-corrected chi connectivity index (χ4v) is 3.10. The number of phenols is 1. The maximum atomic E-state index is 9.93. The van der Waals surface area contributed by atoms with E-state index in [1.807, 2.05) is 6.07 Å². The lowest BCUT2D eigenvalue weighted by molar-refractivity contribution is 0.481. The van der Waals surface area contributed by atoms with Crippen molar-refractivity contribution in [3.8, 4) is 5.75 Å². The molecule has 0 fully saturated rings. The van der Waals surface area contributed by atoms with Crippen molar-refractivity contribution in [1.82, 2.24) is 0 Å². The summed E-state index contributed by atoms with van der Waals surface area (Å²) in [6.45, 7) is 2.27. The Morgan fingerprint density at radius 2 is 1.45 bits per heavy atom. The molecule has 0 saturated heterocycles. The molecular weight excluding hydrogens is 268 g/mol. The van der Waals surface area contributed by atoms with Crippen molar-refractivity contribution in [3.05, 3.63) is 42.0 Å². The maximum Gasteiger partial charge on any atom is 0.123 e. The van der Waals surface area contributed by atoms with Gasteiger partial charge < -0.3 is 5.11 Å². The maximum absolute atomic E-state index is 9.93. The second-order valence-electron chi connectivity index (χ2n) is 6.41. The van der Waals surface area contributed by atoms with Gasteiger partial charge in [-0.1, -0.05) is 82.6 Å². The van der Waals surface area contributed by atoms with Gasteiger partial charge in [0.1, 0.15) is 5.75 Å². The summed E-state index contributed by atoms with van der Waals surface area (Å²) >= 11 is 0. The molecule has 0 spiro atoms. The first kappa shape index (κ1) is 16.9. The lowest BCUT2D eigenvalue weighted by Crippen LogP contribution is -1.87. The zero-order valence-corrected chi connectivity index (χ0v) is 14.0. The number of benzene rings is 2. The summed E-state index contributed by atoms with van der Waals surface area (Å²) in [4.78, 5) is 0. The molecule has 1 N–H and O–H groups in total. The van der Waals surface area contributed by atoms with Crippen molar-refractivity contribution in [2.45, 2.75) is 71.1 Å². The van der Waals surface area contributed by atoms with Crippen LogP contribution in [-0.4, -0.2) is 5.11 Å². The Kier molecular flexibility index (Phi) is 7.28. The molecule has 0 bridgehead atoms. The van der Waals surface area contributed by atoms with Gasteiger partial charge in [-0.3, -0.25) is 0 Å². The summed E-state index contributed by atoms with van der Waals surface area (Å²) in [5, 5.41) is 12.0. The van der Waals surface area contributed by atoms with Crippen LogP contribution in [0.4, 0.5) is 0 Å². The minimum absolute atomic E-state index is 0.395. The van der Waals surface area contributed by atoms with Crippen LogP contribution in [-0.2, 0) is 6.42 Å². The van der Waals surface area contributed by atoms with Crippen LogP contribution in [0.15, 0.2) is 36.4 Å². The quantitative estimate of drug-likeness (QED) is 0.489. The van der Waals surface area contributed by atoms with Crippen molar-refractivity contribution in [3.63, 3.8) is 0 Å². The molecule has 2 rings (SSSR count). The molecule has 0 aromatic heterocycles. The van der Waals surface area contributed by atoms with Crippen LogP contribution in [0.3, 0.4) is 0 Å². The third-order valence-corrected chi connectivity index (χ3v) is 4.49. The van der Waals surface area contributed by atoms with Gasteiger partial charge in [0, 0.05) is 5.39 Å². The molecule has 1 heteroatoms. The number of rotatable bonds is 10. The normalized spacial score (nSPS) is 11.1. The molecule has 2 aromatic carbocycles. The summed E-state index contributed by atoms with van der Waals surface area (Å²) in [7, 11) is 0. The van der Waals surface area contributed by atoms with Gasteiger partial charge in [-0.2, -0.15) is 0 Å². The molecule has 0 atom stereocenters. The molecular formula is C21H30O. The summed E-state index contributed by atoms with van der Waals surface area (Å²) in [6, 6.07) is 12.2. The standard InChI is InChI=1S/C21H30O/c1-2-3-4-5-6-7-8-9-10-12-18-15-16-19-13-11-14-21(22)20(19)17-18/h11,13-17,22H,2-10,12H2,1H3. The highest BCUT2D eigenvalue weighted by Crippen LogP contribution is 2.25. The second-order valence-corrected chi connectivity index (χ2v) is 6.41. The van der Waals surface area contributed by atoms with Gasteiger partial charge in [0.2, 0.25) is 0 Å². The van der Waals surface area contributed by atoms with Gasteiger partial charge in [0.25, 0.3) is 0 Å². The van der Waals surface area contributed by atoms with Crippen molar-refractivity contribution >= 4 is 10.8 Å². The van der Waals surface area contributed by atoms with Gasteiger partial charge in [-0.05, 0) is 35.9 Å². The van der Waals surface area contributed by atoms with Crippen LogP contribution in [0.2, 0.25) is 0 Å². The van der Waals surface area contributed by atoms with E-state index in [1.165, 1.54) is 63.4 Å². The first-order valence-corrected chi connectivity index (χ1v) is 9.02. The predicted molar refractivity (Wildman–Crippen MR) is 96.5 cm³/mol. The van der Waals surface area contributed by atoms with Crippen molar-refractivity contribution in [2.24, 2.45) is 0 Å². The average molecular weight is 298 g/mol. The molecule has 2 aromatic rings. The van der Waals surface area contributed by atoms with Crippen molar-refractivity contribution < 1.29 is 5.11 Å². The third-order valence-electron chi connectivity index (χ3n) is 4.49. The van der Waals surface area contributed by atoms with Crippen LogP contribution in [0.5, 0.6) is 5.75 Å². The van der Waals surface area contributed by atoms with E-state index in [9.17, 15) is 5.11 Å². The summed E-state index contributed by atoms with van der Waals surface area (Å²) in [6.07, 6.45) is 13.4. The highest BCUT2D eigenvalue weighted by molar-refractivity contribution is 5.88. The van der Waals surface area contributed by atoms with Crippen LogP contribution >= 0.6 is 0 Å². The van der Waals surface area contributed by atoms with Crippen LogP contribution < -0.4 is 0 Å². The van der Waals surface area contributed by atoms with E-state index in [0.29, 0.717) is 5.75 Å². The Morgan fingerprint density at radius 3 is 2.18 bits per heavy atom. The second kappa shape index (κ2) is 9.50. The number of unbranched alkanes of at least 4 members (excludes halogenated alkanes) is 8. The molecule has 0 radical (unpaired) electrons. The summed E-state index contributed by atoms with van der Waals surface area (Å²) in [5.41, 5.74) is 1.34. The zero-order chi connectivity index (χ0) is 15.6. The Morgan fingerprint density at radius 1 is 0.773 bits per heavy atom. The highest BCUT2D eigenvalue weighted by atomic mass is 16.3. The predicted octanol–water partition coefficient (Wildman–Crippen LogP) is 6.62. The molecule has 1 nitrogen and oxygen atoms in total. The van der Waals surface area contributed by atoms with Crippen molar-refractivity contribution in [2.75, 3.05) is 0 Å². The Bertz CT molecular complexity index is 559. The first-order valence-electron chi connectivity index (χ1n) is 9.02. The van der Waals surface area contributed by atoms with E-state index >= 15 is 0 Å². The number of aryl methyl sites for hydroxylation is 1. The fourth-order valence-electron chi connectivity index (χ4n) is 3.10. The first-order chi connectivity index (χ1) is 10.8. The average Bonchev–Trinajstić information content (AvgIpc) is 2.54. The molecule has 0 heterocycles. The number of phenolic OH excluding ortho intramolecular Hbond substituents is 1. The molecule has 22 heavy (non-hydrogen) atoms. The lowest BCUT2D eigenvalue weighted by Gasteiger charge is -2.06. The lowest BCUT2D eigenvalue weighted by atomic mass is 10.0. The minimum atomic E-state index is 0.395. The molecule has 120 valence electrons. The third kappa shape index (κ3) is 5.36. The molecule has 0 aliphatic carbocycles. The largest absolute Gasteiger partial charge is 0.507 e. The molecule has 0 saturated carbocycles. The SMILES string of the molecule is CCCCCCCCCCCc1ccc2cccc(O)c2c1. The van der Waals surface area contributed by atoms with E-state index in [4.69, 9.17) is 0 Å². The Balaban J connectivity index is 1.66. The number of aromatic hydroxyl groups is 1. The zero-order valence-electron chi connectivity index (χ0n) is 14.0. The van der Waals surface area contributed by atoms with Crippen LogP contribution in [0, 0.1) is 0 Å². The summed E-state index contributed by atoms with van der Waals surface area (Å²) < 4.78 is 0. The molecule has 0 aliphatic rings. The number of fused-ring (bicyclic) bond motifs is 1. The Labute approximate surface area is 135 Å². The van der Waals surface area contributed by atoms with Crippen molar-refractivity contribution in [1.29, 1.82) is 0 Å². The smallest absolute Gasteiger partial charge is 0.123 e. The van der Waals surface area contributed by atoms with E-state index in [0.717, 1.165) is 17.2 Å². The van der Waals surface area contributed by atoms with Crippen LogP contribution in [0.25, 0.3) is 10.8 Å². The van der Waals surface area contributed by atoms with Gasteiger partial charge in [0.05, 0.1) is 0 Å². The number of hydrogen-bond acceptors (Lipinski definition) is 1. The van der Waals surface area contributed by atoms with E-state index < -0.39 is 0 Å². The van der Waals surface area contributed by atoms with Crippen LogP contribution in [0.1, 0.15) is 70.3 Å². The van der Waals surface area contributed by atoms with Gasteiger partial charge >= 0.3 is 0 Å². The van der Waals surface area contributed by atoms with E-state index in [2.05, 4.69) is 31.2 Å². The fraction of sp³-hybridized carbons (Fsp3) is 0.524. The molecule has 0 unspecified atom stereocenters. The molecule has 0 amide bonds. The minimum Gasteiger partial charge on any atom is -0.507 e. The Hall–Kier alpha value is -1.50. The highest BCUT2D eigenvalue weighted by Gasteiger charge is 2.01. The van der Waals surface area contributed by atoms with Gasteiger partial charge in [0.15, 0.2) is 0 Å². The monoisotopic (exact) mass is 298 g/mol. The number of hydrogen-bond donors (Lipinski definition) is 1. The van der Waals surface area contributed by atoms with E-state index in [1.54, 1.807) is 6.07 Å². The van der Waals surface area contributed by atoms with E-state index in [-0.39, 0.29) is 0 Å². The summed E-state index contributed by atoms with van der Waals surface area (Å²) in [5.74, 6) is 0.395.